The van der Waals surface area contributed by atoms with Crippen LogP contribution in [-0.4, -0.2) is 28.2 Å². The highest BCUT2D eigenvalue weighted by Gasteiger charge is 2.26. The first-order chi connectivity index (χ1) is 9.30. The van der Waals surface area contributed by atoms with E-state index in [1.807, 2.05) is 20.8 Å². The van der Waals surface area contributed by atoms with Gasteiger partial charge >= 0.3 is 6.09 Å². The van der Waals surface area contributed by atoms with Gasteiger partial charge in [-0.1, -0.05) is 12.7 Å². The summed E-state index contributed by atoms with van der Waals surface area (Å²) in [4.78, 5) is 13.8. The minimum atomic E-state index is -0.492. The molecule has 1 N–H and O–H groups in total. The highest BCUT2D eigenvalue weighted by molar-refractivity contribution is 5.69. The molecular formula is C16H21NO3. The molecule has 20 heavy (non-hydrogen) atoms. The van der Waals surface area contributed by atoms with Crippen LogP contribution in [0.1, 0.15) is 37.5 Å². The highest BCUT2D eigenvalue weighted by Crippen LogP contribution is 2.28. The summed E-state index contributed by atoms with van der Waals surface area (Å²) < 4.78 is 5.40. The lowest BCUT2D eigenvalue weighted by Gasteiger charge is -2.32. The molecule has 4 heteroatoms. The summed E-state index contributed by atoms with van der Waals surface area (Å²) in [5.74, 6) is 0.240. The van der Waals surface area contributed by atoms with Crippen molar-refractivity contribution < 1.29 is 14.6 Å². The first-order valence-electron chi connectivity index (χ1n) is 6.75. The van der Waals surface area contributed by atoms with Crippen molar-refractivity contribution in [3.05, 3.63) is 35.4 Å². The van der Waals surface area contributed by atoms with Crippen LogP contribution in [0.4, 0.5) is 4.79 Å². The first kappa shape index (κ1) is 14.4. The van der Waals surface area contributed by atoms with Crippen LogP contribution >= 0.6 is 0 Å². The van der Waals surface area contributed by atoms with Gasteiger partial charge in [-0.3, -0.25) is 0 Å². The van der Waals surface area contributed by atoms with Crippen molar-refractivity contribution in [3.63, 3.8) is 0 Å². The second-order valence-electron chi connectivity index (χ2n) is 6.03. The van der Waals surface area contributed by atoms with E-state index in [0.717, 1.165) is 16.7 Å². The van der Waals surface area contributed by atoms with Crippen LogP contribution in [-0.2, 0) is 17.7 Å². The van der Waals surface area contributed by atoms with Crippen molar-refractivity contribution in [3.8, 4) is 5.75 Å². The topological polar surface area (TPSA) is 49.8 Å². The number of hydrogen-bond donors (Lipinski definition) is 1. The maximum Gasteiger partial charge on any atom is 0.410 e. The Balaban J connectivity index is 2.22. The second kappa shape index (κ2) is 5.19. The lowest BCUT2D eigenvalue weighted by atomic mass is 9.94. The van der Waals surface area contributed by atoms with E-state index in [1.165, 1.54) is 0 Å². The highest BCUT2D eigenvalue weighted by atomic mass is 16.6. The molecular weight excluding hydrogens is 254 g/mol. The molecule has 0 atom stereocenters. The Morgan fingerprint density at radius 2 is 2.15 bits per heavy atom. The summed E-state index contributed by atoms with van der Waals surface area (Å²) in [6.45, 7) is 10.4. The minimum Gasteiger partial charge on any atom is -0.508 e. The Bertz CT molecular complexity index is 543. The number of hydrogen-bond acceptors (Lipinski definition) is 3. The molecule has 1 aromatic carbocycles. The van der Waals surface area contributed by atoms with Gasteiger partial charge in [0.05, 0.1) is 0 Å². The maximum absolute atomic E-state index is 12.1. The molecule has 0 aliphatic carbocycles. The van der Waals surface area contributed by atoms with Gasteiger partial charge in [0.1, 0.15) is 11.4 Å². The second-order valence-corrected chi connectivity index (χ2v) is 6.03. The predicted molar refractivity (Wildman–Crippen MR) is 78.5 cm³/mol. The molecule has 0 spiro atoms. The fourth-order valence-electron chi connectivity index (χ4n) is 2.34. The van der Waals surface area contributed by atoms with E-state index in [9.17, 15) is 9.90 Å². The third-order valence-corrected chi connectivity index (χ3v) is 3.23. The molecule has 1 aliphatic rings. The van der Waals surface area contributed by atoms with Gasteiger partial charge in [0.2, 0.25) is 0 Å². The van der Waals surface area contributed by atoms with Gasteiger partial charge < -0.3 is 14.7 Å². The molecule has 4 nitrogen and oxygen atoms in total. The van der Waals surface area contributed by atoms with Gasteiger partial charge in [-0.15, -0.1) is 0 Å². The van der Waals surface area contributed by atoms with Gasteiger partial charge in [-0.25, -0.2) is 4.79 Å². The van der Waals surface area contributed by atoms with Gasteiger partial charge in [0, 0.05) is 13.1 Å². The molecule has 1 aliphatic heterocycles. The molecule has 1 amide bonds. The summed E-state index contributed by atoms with van der Waals surface area (Å²) in [5, 5.41) is 9.68. The van der Waals surface area contributed by atoms with E-state index >= 15 is 0 Å². The molecule has 1 heterocycles. The molecule has 0 bridgehead atoms. The zero-order valence-corrected chi connectivity index (χ0v) is 12.3. The number of rotatable bonds is 1. The standard InChI is InChI=1S/C16H21NO3/c1-5-11-8-13(18)9-12-6-7-17(10-14(11)12)15(19)20-16(2,3)4/h5,8-9,18H,1,6-7,10H2,2-4H3. The predicted octanol–water partition coefficient (Wildman–Crippen LogP) is 3.33. The van der Waals surface area contributed by atoms with Gasteiger partial charge in [0.15, 0.2) is 0 Å². The molecule has 2 rings (SSSR count). The molecule has 1 aromatic rings. The monoisotopic (exact) mass is 275 g/mol. The number of nitrogens with zero attached hydrogens (tertiary/aromatic N) is 1. The largest absolute Gasteiger partial charge is 0.508 e. The lowest BCUT2D eigenvalue weighted by Crippen LogP contribution is -2.40. The molecule has 0 fully saturated rings. The smallest absolute Gasteiger partial charge is 0.410 e. The number of amides is 1. The number of carbonyl (C=O) groups excluding carboxylic acids is 1. The first-order valence-corrected chi connectivity index (χ1v) is 6.75. The Morgan fingerprint density at radius 1 is 1.45 bits per heavy atom. The molecule has 0 aromatic heterocycles. The quantitative estimate of drug-likeness (QED) is 0.855. The third-order valence-electron chi connectivity index (χ3n) is 3.23. The van der Waals surface area contributed by atoms with E-state index in [1.54, 1.807) is 23.1 Å². The zero-order valence-electron chi connectivity index (χ0n) is 12.3. The number of phenols is 1. The number of carbonyl (C=O) groups is 1. The number of aromatic hydroxyl groups is 1. The van der Waals surface area contributed by atoms with Crippen molar-refractivity contribution >= 4 is 12.2 Å². The van der Waals surface area contributed by atoms with Crippen LogP contribution in [0.15, 0.2) is 18.7 Å². The summed E-state index contributed by atoms with van der Waals surface area (Å²) in [7, 11) is 0. The third kappa shape index (κ3) is 3.13. The molecule has 0 saturated heterocycles. The fraction of sp³-hybridized carbons (Fsp3) is 0.438. The van der Waals surface area contributed by atoms with E-state index in [0.29, 0.717) is 19.5 Å². The van der Waals surface area contributed by atoms with Crippen molar-refractivity contribution in [2.45, 2.75) is 39.3 Å². The summed E-state index contributed by atoms with van der Waals surface area (Å²) in [5.41, 5.74) is 2.48. The molecule has 108 valence electrons. The van der Waals surface area contributed by atoms with Crippen LogP contribution < -0.4 is 0 Å². The van der Waals surface area contributed by atoms with E-state index in [2.05, 4.69) is 6.58 Å². The minimum absolute atomic E-state index is 0.240. The van der Waals surface area contributed by atoms with Gasteiger partial charge in [0.25, 0.3) is 0 Å². The molecule has 0 unspecified atom stereocenters. The Kier molecular flexibility index (Phi) is 3.75. The maximum atomic E-state index is 12.1. The number of benzene rings is 1. The Morgan fingerprint density at radius 3 is 2.75 bits per heavy atom. The summed E-state index contributed by atoms with van der Waals surface area (Å²) in [6, 6.07) is 3.43. The van der Waals surface area contributed by atoms with E-state index in [-0.39, 0.29) is 11.8 Å². The van der Waals surface area contributed by atoms with Crippen molar-refractivity contribution in [1.29, 1.82) is 0 Å². The SMILES string of the molecule is C=Cc1cc(O)cc2c1CN(C(=O)OC(C)(C)C)CC2. The van der Waals surface area contributed by atoms with E-state index < -0.39 is 5.60 Å². The Hall–Kier alpha value is -1.97. The number of fused-ring (bicyclic) bond motifs is 1. The number of phenolic OH excluding ortho intramolecular Hbond substituents is 1. The average Bonchev–Trinajstić information content (AvgIpc) is 2.35. The average molecular weight is 275 g/mol. The van der Waals surface area contributed by atoms with Gasteiger partial charge in [-0.2, -0.15) is 0 Å². The van der Waals surface area contributed by atoms with Crippen LogP contribution in [0.2, 0.25) is 0 Å². The fourth-order valence-corrected chi connectivity index (χ4v) is 2.34. The van der Waals surface area contributed by atoms with Crippen molar-refractivity contribution in [1.82, 2.24) is 4.90 Å². The van der Waals surface area contributed by atoms with Crippen LogP contribution in [0.25, 0.3) is 6.08 Å². The zero-order chi connectivity index (χ0) is 14.9. The van der Waals surface area contributed by atoms with Crippen molar-refractivity contribution in [2.75, 3.05) is 6.54 Å². The lowest BCUT2D eigenvalue weighted by molar-refractivity contribution is 0.0224. The van der Waals surface area contributed by atoms with E-state index in [4.69, 9.17) is 4.74 Å². The Labute approximate surface area is 119 Å². The van der Waals surface area contributed by atoms with Crippen LogP contribution in [0.3, 0.4) is 0 Å². The molecule has 0 saturated carbocycles. The normalized spacial score (nSPS) is 14.7. The van der Waals surface area contributed by atoms with Gasteiger partial charge in [-0.05, 0) is 56.0 Å². The molecule has 0 radical (unpaired) electrons. The van der Waals surface area contributed by atoms with Crippen LogP contribution in [0.5, 0.6) is 5.75 Å². The van der Waals surface area contributed by atoms with Crippen molar-refractivity contribution in [2.24, 2.45) is 0 Å². The summed E-state index contributed by atoms with van der Waals surface area (Å²) >= 11 is 0. The van der Waals surface area contributed by atoms with Crippen LogP contribution in [0, 0.1) is 0 Å². The number of ether oxygens (including phenoxy) is 1. The summed E-state index contributed by atoms with van der Waals surface area (Å²) in [6.07, 6.45) is 2.12.